The van der Waals surface area contributed by atoms with Crippen LogP contribution in [0, 0.1) is 0 Å². The molecule has 0 heteroatoms. The van der Waals surface area contributed by atoms with Gasteiger partial charge in [-0.3, -0.25) is 0 Å². The summed E-state index contributed by atoms with van der Waals surface area (Å²) in [5.74, 6) is 0. The largest absolute Gasteiger partial charge is 0.0743 e. The predicted molar refractivity (Wildman–Crippen MR) is 46.2 cm³/mol. The molecule has 0 fully saturated rings. The third kappa shape index (κ3) is 1.18. The van der Waals surface area contributed by atoms with Crippen molar-refractivity contribution in [3.05, 3.63) is 52.9 Å². The van der Waals surface area contributed by atoms with E-state index in [1.165, 1.54) is 11.1 Å². The van der Waals surface area contributed by atoms with Crippen molar-refractivity contribution < 1.29 is 0 Å². The van der Waals surface area contributed by atoms with Crippen molar-refractivity contribution in [3.8, 4) is 0 Å². The first-order valence-corrected chi connectivity index (χ1v) is 3.71. The van der Waals surface area contributed by atoms with Crippen LogP contribution in [0.15, 0.2) is 41.8 Å². The van der Waals surface area contributed by atoms with E-state index in [2.05, 4.69) is 29.7 Å². The van der Waals surface area contributed by atoms with Gasteiger partial charge >= 0.3 is 0 Å². The lowest BCUT2D eigenvalue weighted by molar-refractivity contribution is 1.27. The fraction of sp³-hybridized carbons (Fsp3) is 0.0909. The summed E-state index contributed by atoms with van der Waals surface area (Å²) in [6.45, 7) is 0. The Labute approximate surface area is 66.2 Å². The van der Waals surface area contributed by atoms with Crippen LogP contribution < -0.4 is 0 Å². The van der Waals surface area contributed by atoms with Gasteiger partial charge in [0.15, 0.2) is 0 Å². The summed E-state index contributed by atoms with van der Waals surface area (Å²) in [7, 11) is 0. The highest BCUT2D eigenvalue weighted by Gasteiger charge is 1.96. The molecule has 1 aliphatic rings. The zero-order chi connectivity index (χ0) is 7.52. The molecule has 0 heterocycles. The highest BCUT2D eigenvalue weighted by atomic mass is 14.0. The Balaban J connectivity index is 2.63. The second-order valence-corrected chi connectivity index (χ2v) is 2.54. The highest BCUT2D eigenvalue weighted by Crippen LogP contribution is 2.12. The summed E-state index contributed by atoms with van der Waals surface area (Å²) in [4.78, 5) is 0. The van der Waals surface area contributed by atoms with Crippen LogP contribution >= 0.6 is 0 Å². The number of fused-ring (bicyclic) bond motifs is 1. The third-order valence-corrected chi connectivity index (χ3v) is 1.79. The summed E-state index contributed by atoms with van der Waals surface area (Å²) in [5, 5.41) is 0. The van der Waals surface area contributed by atoms with Crippen LogP contribution in [0.3, 0.4) is 0 Å². The molecule has 2 rings (SSSR count). The van der Waals surface area contributed by atoms with E-state index in [4.69, 9.17) is 0 Å². The molecule has 0 amide bonds. The normalized spacial score (nSPS) is 12.7. The Kier molecular flexibility index (Phi) is 1.50. The van der Waals surface area contributed by atoms with E-state index in [1.54, 1.807) is 0 Å². The molecule has 0 saturated carbocycles. The molecular formula is C11H8. The highest BCUT2D eigenvalue weighted by molar-refractivity contribution is 5.54. The van der Waals surface area contributed by atoms with Gasteiger partial charge in [0, 0.05) is 0 Å². The van der Waals surface area contributed by atoms with Crippen molar-refractivity contribution in [1.29, 1.82) is 0 Å². The predicted octanol–water partition coefficient (Wildman–Crippen LogP) is 2.57. The zero-order valence-corrected chi connectivity index (χ0v) is 6.17. The molecule has 11 heavy (non-hydrogen) atoms. The van der Waals surface area contributed by atoms with Crippen LogP contribution in [-0.2, 0) is 6.42 Å². The molecule has 0 N–H and O–H groups in total. The number of allylic oxidation sites excluding steroid dienone is 1. The van der Waals surface area contributed by atoms with E-state index in [-0.39, 0.29) is 0 Å². The van der Waals surface area contributed by atoms with E-state index in [1.807, 2.05) is 18.2 Å². The molecule has 0 spiro atoms. The van der Waals surface area contributed by atoms with Gasteiger partial charge in [-0.2, -0.15) is 0 Å². The lowest BCUT2D eigenvalue weighted by atomic mass is 10.1. The van der Waals surface area contributed by atoms with Gasteiger partial charge in [-0.15, -0.1) is 0 Å². The van der Waals surface area contributed by atoms with Crippen molar-refractivity contribution in [2.75, 3.05) is 0 Å². The summed E-state index contributed by atoms with van der Waals surface area (Å²) in [5.41, 5.74) is 8.55. The summed E-state index contributed by atoms with van der Waals surface area (Å²) in [6, 6.07) is 8.34. The smallest absolute Gasteiger partial charge is 0.000866 e. The molecule has 0 radical (unpaired) electrons. The van der Waals surface area contributed by atoms with Crippen molar-refractivity contribution >= 4 is 6.08 Å². The Morgan fingerprint density at radius 3 is 3.00 bits per heavy atom. The third-order valence-electron chi connectivity index (χ3n) is 1.79. The van der Waals surface area contributed by atoms with Crippen molar-refractivity contribution in [1.82, 2.24) is 0 Å². The van der Waals surface area contributed by atoms with Gasteiger partial charge in [0.2, 0.25) is 0 Å². The van der Waals surface area contributed by atoms with E-state index >= 15 is 0 Å². The van der Waals surface area contributed by atoms with Gasteiger partial charge in [0.25, 0.3) is 0 Å². The number of rotatable bonds is 0. The van der Waals surface area contributed by atoms with Crippen LogP contribution in [0.5, 0.6) is 0 Å². The minimum Gasteiger partial charge on any atom is -0.0743 e. The number of hydrogen-bond donors (Lipinski definition) is 0. The molecule has 1 aliphatic carbocycles. The fourth-order valence-corrected chi connectivity index (χ4v) is 1.20. The van der Waals surface area contributed by atoms with Gasteiger partial charge < -0.3 is 0 Å². The minimum atomic E-state index is 0.972. The maximum Gasteiger partial charge on any atom is -0.000866 e. The topological polar surface area (TPSA) is 0 Å². The molecule has 1 aromatic carbocycles. The lowest BCUT2D eigenvalue weighted by Crippen LogP contribution is -1.83. The van der Waals surface area contributed by atoms with Crippen LogP contribution in [-0.4, -0.2) is 0 Å². The van der Waals surface area contributed by atoms with Gasteiger partial charge in [0.1, 0.15) is 0 Å². The van der Waals surface area contributed by atoms with E-state index < -0.39 is 0 Å². The van der Waals surface area contributed by atoms with Crippen molar-refractivity contribution in [2.24, 2.45) is 0 Å². The fourth-order valence-electron chi connectivity index (χ4n) is 1.20. The molecule has 0 bridgehead atoms. The molecular weight excluding hydrogens is 132 g/mol. The molecule has 52 valence electrons. The second-order valence-electron chi connectivity index (χ2n) is 2.54. The number of hydrogen-bond acceptors (Lipinski definition) is 0. The SMILES string of the molecule is C1=C=Cc2ccccc2CC=1. The Morgan fingerprint density at radius 1 is 1.09 bits per heavy atom. The first-order valence-electron chi connectivity index (χ1n) is 3.71. The van der Waals surface area contributed by atoms with E-state index in [9.17, 15) is 0 Å². The van der Waals surface area contributed by atoms with Crippen LogP contribution in [0.4, 0.5) is 0 Å². The second kappa shape index (κ2) is 2.64. The minimum absolute atomic E-state index is 0.972. The van der Waals surface area contributed by atoms with Gasteiger partial charge in [-0.05, 0) is 29.7 Å². The zero-order valence-electron chi connectivity index (χ0n) is 6.17. The molecule has 0 aromatic heterocycles. The van der Waals surface area contributed by atoms with Crippen LogP contribution in [0.2, 0.25) is 0 Å². The molecule has 0 nitrogen and oxygen atoms in total. The maximum absolute atomic E-state index is 2.97. The Hall–Kier alpha value is -1.48. The standard InChI is InChI=1S/C11H8/c1-2-6-10-8-4-5-9-11(10)7-3-1/h2,4-5,7-9H,6H2. The van der Waals surface area contributed by atoms with Crippen LogP contribution in [0.1, 0.15) is 11.1 Å². The van der Waals surface area contributed by atoms with E-state index in [0.717, 1.165) is 6.42 Å². The maximum atomic E-state index is 2.97. The quantitative estimate of drug-likeness (QED) is 0.486. The monoisotopic (exact) mass is 140 g/mol. The first-order chi connectivity index (χ1) is 5.47. The van der Waals surface area contributed by atoms with Crippen LogP contribution in [0.25, 0.3) is 6.08 Å². The van der Waals surface area contributed by atoms with Crippen molar-refractivity contribution in [2.45, 2.75) is 6.42 Å². The molecule has 0 saturated heterocycles. The van der Waals surface area contributed by atoms with Gasteiger partial charge in [-0.1, -0.05) is 35.7 Å². The average Bonchev–Trinajstić information content (AvgIpc) is 2.28. The molecule has 0 aliphatic heterocycles. The first kappa shape index (κ1) is 6.24. The average molecular weight is 140 g/mol. The summed E-state index contributed by atoms with van der Waals surface area (Å²) >= 11 is 0. The summed E-state index contributed by atoms with van der Waals surface area (Å²) in [6.07, 6.45) is 4.95. The number of benzene rings is 1. The van der Waals surface area contributed by atoms with Gasteiger partial charge in [0.05, 0.1) is 0 Å². The van der Waals surface area contributed by atoms with Gasteiger partial charge in [-0.25, -0.2) is 0 Å². The summed E-state index contributed by atoms with van der Waals surface area (Å²) < 4.78 is 0. The molecule has 0 unspecified atom stereocenters. The lowest BCUT2D eigenvalue weighted by Gasteiger charge is -1.98. The molecule has 1 aromatic rings. The van der Waals surface area contributed by atoms with Crippen molar-refractivity contribution in [3.63, 3.8) is 0 Å². The van der Waals surface area contributed by atoms with E-state index in [0.29, 0.717) is 0 Å². The Morgan fingerprint density at radius 2 is 2.00 bits per heavy atom. The molecule has 0 atom stereocenters. The Bertz CT molecular complexity index is 359.